The van der Waals surface area contributed by atoms with Crippen molar-refractivity contribution < 1.29 is 43.5 Å². The van der Waals surface area contributed by atoms with Crippen molar-refractivity contribution in [3.63, 3.8) is 0 Å². The van der Waals surface area contributed by atoms with Crippen LogP contribution < -0.4 is 0 Å². The predicted octanol–water partition coefficient (Wildman–Crippen LogP) is 2.37. The van der Waals surface area contributed by atoms with Crippen LogP contribution in [0.15, 0.2) is 91.0 Å². The third-order valence-electron chi connectivity index (χ3n) is 5.53. The number of aliphatic hydroxyl groups is 2. The highest BCUT2D eigenvalue weighted by Gasteiger charge is 2.50. The van der Waals surface area contributed by atoms with E-state index in [4.69, 9.17) is 18.9 Å². The van der Waals surface area contributed by atoms with Gasteiger partial charge in [-0.05, 0) is 36.4 Å². The molecule has 0 aromatic heterocycles. The van der Waals surface area contributed by atoms with E-state index in [0.29, 0.717) is 0 Å². The van der Waals surface area contributed by atoms with Crippen LogP contribution in [0.1, 0.15) is 31.1 Å². The first-order valence-corrected chi connectivity index (χ1v) is 11.2. The highest BCUT2D eigenvalue weighted by molar-refractivity contribution is 5.90. The van der Waals surface area contributed by atoms with E-state index in [9.17, 15) is 24.6 Å². The number of carbonyl (C=O) groups is 3. The lowest BCUT2D eigenvalue weighted by molar-refractivity contribution is -0.285. The van der Waals surface area contributed by atoms with Crippen molar-refractivity contribution in [2.24, 2.45) is 0 Å². The summed E-state index contributed by atoms with van der Waals surface area (Å²) >= 11 is 0. The zero-order valence-corrected chi connectivity index (χ0v) is 19.0. The van der Waals surface area contributed by atoms with Crippen molar-refractivity contribution in [3.05, 3.63) is 108 Å². The normalized spacial score (nSPS) is 23.3. The molecule has 0 radical (unpaired) electrons. The van der Waals surface area contributed by atoms with Gasteiger partial charge in [0.15, 0.2) is 18.5 Å². The van der Waals surface area contributed by atoms with Crippen molar-refractivity contribution >= 4 is 17.9 Å². The molecule has 3 aromatic carbocycles. The molecule has 1 heterocycles. The summed E-state index contributed by atoms with van der Waals surface area (Å²) in [5, 5.41) is 20.9. The Bertz CT molecular complexity index is 1170. The molecule has 5 atom stereocenters. The quantitative estimate of drug-likeness (QED) is 0.377. The third kappa shape index (κ3) is 5.95. The van der Waals surface area contributed by atoms with Gasteiger partial charge in [0.2, 0.25) is 0 Å². The zero-order chi connectivity index (χ0) is 25.5. The summed E-state index contributed by atoms with van der Waals surface area (Å²) in [6.45, 7) is -0.455. The molecule has 9 nitrogen and oxygen atoms in total. The Labute approximate surface area is 206 Å². The first-order valence-electron chi connectivity index (χ1n) is 11.2. The van der Waals surface area contributed by atoms with E-state index in [0.717, 1.165) is 0 Å². The van der Waals surface area contributed by atoms with Crippen LogP contribution in [0, 0.1) is 0 Å². The first kappa shape index (κ1) is 25.1. The average Bonchev–Trinajstić information content (AvgIpc) is 2.92. The van der Waals surface area contributed by atoms with Crippen LogP contribution in [0.2, 0.25) is 0 Å². The molecule has 1 aliphatic rings. The minimum absolute atomic E-state index is 0.186. The Morgan fingerprint density at radius 1 is 0.639 bits per heavy atom. The molecule has 0 spiro atoms. The van der Waals surface area contributed by atoms with E-state index in [2.05, 4.69) is 0 Å². The van der Waals surface area contributed by atoms with Gasteiger partial charge in [-0.3, -0.25) is 0 Å². The van der Waals surface area contributed by atoms with Gasteiger partial charge in [-0.2, -0.15) is 0 Å². The minimum Gasteiger partial charge on any atom is -0.459 e. The third-order valence-corrected chi connectivity index (χ3v) is 5.53. The van der Waals surface area contributed by atoms with Crippen LogP contribution in [-0.2, 0) is 18.9 Å². The first-order chi connectivity index (χ1) is 17.4. The Morgan fingerprint density at radius 2 is 1.06 bits per heavy atom. The molecular formula is C27H24O9. The molecule has 186 valence electrons. The van der Waals surface area contributed by atoms with Crippen molar-refractivity contribution in [2.75, 3.05) is 6.61 Å². The van der Waals surface area contributed by atoms with Gasteiger partial charge < -0.3 is 29.2 Å². The number of hydrogen-bond acceptors (Lipinski definition) is 9. The summed E-state index contributed by atoms with van der Waals surface area (Å²) < 4.78 is 21.8. The van der Waals surface area contributed by atoms with Crippen LogP contribution in [0.25, 0.3) is 0 Å². The summed E-state index contributed by atoms with van der Waals surface area (Å²) in [4.78, 5) is 38.0. The van der Waals surface area contributed by atoms with Gasteiger partial charge in [0, 0.05) is 0 Å². The maximum Gasteiger partial charge on any atom is 0.338 e. The van der Waals surface area contributed by atoms with E-state index in [1.165, 1.54) is 24.3 Å². The van der Waals surface area contributed by atoms with Gasteiger partial charge in [-0.15, -0.1) is 0 Å². The second kappa shape index (κ2) is 11.6. The van der Waals surface area contributed by atoms with Gasteiger partial charge in [0.1, 0.15) is 18.8 Å². The van der Waals surface area contributed by atoms with Crippen molar-refractivity contribution in [1.82, 2.24) is 0 Å². The van der Waals surface area contributed by atoms with Crippen molar-refractivity contribution in [1.29, 1.82) is 0 Å². The van der Waals surface area contributed by atoms with Gasteiger partial charge in [-0.1, -0.05) is 54.6 Å². The molecule has 0 amide bonds. The molecule has 1 aliphatic heterocycles. The molecule has 1 saturated heterocycles. The van der Waals surface area contributed by atoms with E-state index in [-0.39, 0.29) is 16.7 Å². The number of carbonyl (C=O) groups excluding carboxylic acids is 3. The number of rotatable bonds is 7. The summed E-state index contributed by atoms with van der Waals surface area (Å²) in [6, 6.07) is 24.2. The van der Waals surface area contributed by atoms with Gasteiger partial charge in [-0.25, -0.2) is 14.4 Å². The Balaban J connectivity index is 1.57. The fraction of sp³-hybridized carbons (Fsp3) is 0.222. The molecule has 0 aliphatic carbocycles. The van der Waals surface area contributed by atoms with Crippen molar-refractivity contribution in [3.8, 4) is 0 Å². The van der Waals surface area contributed by atoms with Crippen LogP contribution in [0.5, 0.6) is 0 Å². The molecule has 36 heavy (non-hydrogen) atoms. The molecule has 0 bridgehead atoms. The van der Waals surface area contributed by atoms with Gasteiger partial charge >= 0.3 is 17.9 Å². The fourth-order valence-corrected chi connectivity index (χ4v) is 3.67. The average molecular weight is 492 g/mol. The van der Waals surface area contributed by atoms with Crippen LogP contribution in [0.3, 0.4) is 0 Å². The summed E-state index contributed by atoms with van der Waals surface area (Å²) in [5.74, 6) is -2.27. The fourth-order valence-electron chi connectivity index (χ4n) is 3.67. The van der Waals surface area contributed by atoms with E-state index in [1.54, 1.807) is 66.7 Å². The second-order valence-electron chi connectivity index (χ2n) is 7.99. The molecule has 1 unspecified atom stereocenters. The summed E-state index contributed by atoms with van der Waals surface area (Å²) in [6.07, 6.45) is -7.72. The molecule has 2 N–H and O–H groups in total. The molecule has 3 aromatic rings. The molecule has 9 heteroatoms. The minimum atomic E-state index is -1.80. The lowest BCUT2D eigenvalue weighted by atomic mass is 9.98. The summed E-state index contributed by atoms with van der Waals surface area (Å²) in [7, 11) is 0. The Kier molecular flexibility index (Phi) is 8.06. The van der Waals surface area contributed by atoms with Crippen LogP contribution in [0.4, 0.5) is 0 Å². The highest BCUT2D eigenvalue weighted by Crippen LogP contribution is 2.27. The highest BCUT2D eigenvalue weighted by atomic mass is 16.7. The number of hydrogen-bond donors (Lipinski definition) is 2. The van der Waals surface area contributed by atoms with Gasteiger partial charge in [0.25, 0.3) is 0 Å². The SMILES string of the molecule is O=C(OC[C@H]1OC(O)[C@@H](O)[C@@H](OC(=O)c2ccccc2)[C@@H]1OC(=O)c1ccccc1)c1ccccc1. The molecule has 0 saturated carbocycles. The van der Waals surface area contributed by atoms with Gasteiger partial charge in [0.05, 0.1) is 16.7 Å². The topological polar surface area (TPSA) is 129 Å². The Hall–Kier alpha value is -4.05. The predicted molar refractivity (Wildman–Crippen MR) is 125 cm³/mol. The molecule has 4 rings (SSSR count). The Morgan fingerprint density at radius 3 is 1.53 bits per heavy atom. The maximum absolute atomic E-state index is 12.8. The van der Waals surface area contributed by atoms with E-state index >= 15 is 0 Å². The number of aliphatic hydroxyl groups excluding tert-OH is 2. The second-order valence-corrected chi connectivity index (χ2v) is 7.99. The molecular weight excluding hydrogens is 468 g/mol. The van der Waals surface area contributed by atoms with E-state index in [1.807, 2.05) is 0 Å². The summed E-state index contributed by atoms with van der Waals surface area (Å²) in [5.41, 5.74) is 0.663. The van der Waals surface area contributed by atoms with E-state index < -0.39 is 55.2 Å². The number of benzene rings is 3. The monoisotopic (exact) mass is 492 g/mol. The standard InChI is InChI=1S/C27H24O9/c28-21-23(36-26(31)19-14-8-3-9-15-19)22(35-25(30)18-12-6-2-7-13-18)20(34-27(21)32)16-33-24(29)17-10-4-1-5-11-17/h1-15,20-23,27-28,32H,16H2/t20-,21+,22-,23-,27?/m1/s1. The lowest BCUT2D eigenvalue weighted by Crippen LogP contribution is -2.61. The largest absolute Gasteiger partial charge is 0.459 e. The maximum atomic E-state index is 12.8. The smallest absolute Gasteiger partial charge is 0.338 e. The van der Waals surface area contributed by atoms with Crippen LogP contribution in [-0.4, -0.2) is 65.4 Å². The number of esters is 3. The number of ether oxygens (including phenoxy) is 4. The molecule has 1 fully saturated rings. The van der Waals surface area contributed by atoms with Crippen molar-refractivity contribution in [2.45, 2.75) is 30.7 Å². The lowest BCUT2D eigenvalue weighted by Gasteiger charge is -2.41. The zero-order valence-electron chi connectivity index (χ0n) is 19.0. The van der Waals surface area contributed by atoms with Crippen LogP contribution >= 0.6 is 0 Å².